The molecule has 0 aliphatic rings. The zero-order valence-electron chi connectivity index (χ0n) is 9.58. The largest absolute Gasteiger partial charge is 0.371 e. The summed E-state index contributed by atoms with van der Waals surface area (Å²) in [7, 11) is 0. The van der Waals surface area contributed by atoms with Crippen LogP contribution in [0.2, 0.25) is 0 Å². The standard InChI is InChI=1S/C13H17NO/c1-4-13(2,3)15-10-12-7-5-11(9-14)6-8-12/h5-8H,4,10H2,1-3H3. The summed E-state index contributed by atoms with van der Waals surface area (Å²) in [5.74, 6) is 0. The van der Waals surface area contributed by atoms with Crippen LogP contribution >= 0.6 is 0 Å². The van der Waals surface area contributed by atoms with E-state index in [1.54, 1.807) is 0 Å². The van der Waals surface area contributed by atoms with Crippen LogP contribution in [0.1, 0.15) is 38.3 Å². The fourth-order valence-corrected chi connectivity index (χ4v) is 1.06. The summed E-state index contributed by atoms with van der Waals surface area (Å²) in [6, 6.07) is 9.60. The molecular formula is C13H17NO. The number of nitriles is 1. The summed E-state index contributed by atoms with van der Waals surface area (Å²) < 4.78 is 5.76. The molecule has 1 rings (SSSR count). The first-order chi connectivity index (χ1) is 7.07. The van der Waals surface area contributed by atoms with Gasteiger partial charge in [-0.25, -0.2) is 0 Å². The Hall–Kier alpha value is -1.33. The van der Waals surface area contributed by atoms with Crippen molar-refractivity contribution in [3.63, 3.8) is 0 Å². The van der Waals surface area contributed by atoms with Crippen molar-refractivity contribution in [1.29, 1.82) is 5.26 Å². The smallest absolute Gasteiger partial charge is 0.0991 e. The van der Waals surface area contributed by atoms with Gasteiger partial charge in [-0.15, -0.1) is 0 Å². The van der Waals surface area contributed by atoms with Gasteiger partial charge in [0, 0.05) is 0 Å². The van der Waals surface area contributed by atoms with Crippen LogP contribution in [0.5, 0.6) is 0 Å². The van der Waals surface area contributed by atoms with E-state index in [2.05, 4.69) is 26.8 Å². The summed E-state index contributed by atoms with van der Waals surface area (Å²) in [5, 5.41) is 8.64. The van der Waals surface area contributed by atoms with E-state index in [1.807, 2.05) is 24.3 Å². The van der Waals surface area contributed by atoms with Gasteiger partial charge in [0.25, 0.3) is 0 Å². The lowest BCUT2D eigenvalue weighted by Crippen LogP contribution is -2.22. The molecule has 0 heterocycles. The van der Waals surface area contributed by atoms with Crippen molar-refractivity contribution in [3.8, 4) is 6.07 Å². The Kier molecular flexibility index (Phi) is 3.88. The van der Waals surface area contributed by atoms with Crippen molar-refractivity contribution in [1.82, 2.24) is 0 Å². The van der Waals surface area contributed by atoms with Crippen LogP contribution in [0.3, 0.4) is 0 Å². The quantitative estimate of drug-likeness (QED) is 0.752. The number of hydrogen-bond acceptors (Lipinski definition) is 2. The van der Waals surface area contributed by atoms with Gasteiger partial charge in [0.05, 0.1) is 23.8 Å². The molecule has 0 radical (unpaired) electrons. The molecule has 2 heteroatoms. The van der Waals surface area contributed by atoms with Gasteiger partial charge in [-0.05, 0) is 38.0 Å². The van der Waals surface area contributed by atoms with E-state index >= 15 is 0 Å². The molecule has 0 unspecified atom stereocenters. The highest BCUT2D eigenvalue weighted by Crippen LogP contribution is 2.16. The van der Waals surface area contributed by atoms with E-state index in [-0.39, 0.29) is 5.60 Å². The second-order valence-electron chi connectivity index (χ2n) is 4.21. The number of hydrogen-bond donors (Lipinski definition) is 0. The van der Waals surface area contributed by atoms with Crippen LogP contribution in [0, 0.1) is 11.3 Å². The molecule has 0 fully saturated rings. The highest BCUT2D eigenvalue weighted by molar-refractivity contribution is 5.31. The molecule has 2 nitrogen and oxygen atoms in total. The molecule has 0 atom stereocenters. The molecule has 0 aliphatic carbocycles. The molecule has 0 aromatic heterocycles. The van der Waals surface area contributed by atoms with Crippen molar-refractivity contribution in [3.05, 3.63) is 35.4 Å². The second-order valence-corrected chi connectivity index (χ2v) is 4.21. The predicted molar refractivity (Wildman–Crippen MR) is 60.3 cm³/mol. The average molecular weight is 203 g/mol. The number of nitrogens with zero attached hydrogens (tertiary/aromatic N) is 1. The van der Waals surface area contributed by atoms with Crippen molar-refractivity contribution in [2.24, 2.45) is 0 Å². The van der Waals surface area contributed by atoms with E-state index in [1.165, 1.54) is 0 Å². The Morgan fingerprint density at radius 3 is 2.33 bits per heavy atom. The Labute approximate surface area is 91.5 Å². The van der Waals surface area contributed by atoms with Gasteiger partial charge in [-0.3, -0.25) is 0 Å². The van der Waals surface area contributed by atoms with Gasteiger partial charge in [0.15, 0.2) is 0 Å². The topological polar surface area (TPSA) is 33.0 Å². The van der Waals surface area contributed by atoms with E-state index in [4.69, 9.17) is 10.00 Å². The van der Waals surface area contributed by atoms with Crippen LogP contribution in [0.4, 0.5) is 0 Å². The Bertz CT molecular complexity index is 346. The van der Waals surface area contributed by atoms with E-state index in [0.29, 0.717) is 12.2 Å². The van der Waals surface area contributed by atoms with Crippen LogP contribution in [0.25, 0.3) is 0 Å². The fraction of sp³-hybridized carbons (Fsp3) is 0.462. The van der Waals surface area contributed by atoms with E-state index < -0.39 is 0 Å². The van der Waals surface area contributed by atoms with E-state index in [9.17, 15) is 0 Å². The van der Waals surface area contributed by atoms with Crippen molar-refractivity contribution in [2.75, 3.05) is 0 Å². The highest BCUT2D eigenvalue weighted by atomic mass is 16.5. The zero-order valence-corrected chi connectivity index (χ0v) is 9.58. The molecule has 80 valence electrons. The second kappa shape index (κ2) is 4.95. The molecule has 0 saturated heterocycles. The number of benzene rings is 1. The van der Waals surface area contributed by atoms with Crippen LogP contribution in [-0.2, 0) is 11.3 Å². The van der Waals surface area contributed by atoms with Gasteiger partial charge >= 0.3 is 0 Å². The predicted octanol–water partition coefficient (Wildman–Crippen LogP) is 3.26. The first-order valence-electron chi connectivity index (χ1n) is 5.20. The minimum Gasteiger partial charge on any atom is -0.371 e. The third kappa shape index (κ3) is 3.73. The monoisotopic (exact) mass is 203 g/mol. The summed E-state index contributed by atoms with van der Waals surface area (Å²) >= 11 is 0. The molecule has 1 aromatic rings. The van der Waals surface area contributed by atoms with E-state index in [0.717, 1.165) is 12.0 Å². The zero-order chi connectivity index (χ0) is 11.3. The third-order valence-electron chi connectivity index (χ3n) is 2.56. The number of rotatable bonds is 4. The minimum atomic E-state index is -0.0755. The molecule has 0 aliphatic heterocycles. The SMILES string of the molecule is CCC(C)(C)OCc1ccc(C#N)cc1. The van der Waals surface area contributed by atoms with Crippen molar-refractivity contribution in [2.45, 2.75) is 39.4 Å². The van der Waals surface area contributed by atoms with Gasteiger partial charge in [0.1, 0.15) is 0 Å². The molecule has 0 N–H and O–H groups in total. The van der Waals surface area contributed by atoms with Crippen LogP contribution in [-0.4, -0.2) is 5.60 Å². The maximum absolute atomic E-state index is 8.64. The van der Waals surface area contributed by atoms with Gasteiger partial charge < -0.3 is 4.74 Å². The normalized spacial score (nSPS) is 11.1. The summed E-state index contributed by atoms with van der Waals surface area (Å²) in [5.41, 5.74) is 1.72. The maximum Gasteiger partial charge on any atom is 0.0991 e. The van der Waals surface area contributed by atoms with Crippen LogP contribution in [0.15, 0.2) is 24.3 Å². The first kappa shape index (κ1) is 11.7. The highest BCUT2D eigenvalue weighted by Gasteiger charge is 2.14. The fourth-order valence-electron chi connectivity index (χ4n) is 1.06. The van der Waals surface area contributed by atoms with Crippen molar-refractivity contribution < 1.29 is 4.74 Å². The van der Waals surface area contributed by atoms with Crippen LogP contribution < -0.4 is 0 Å². The Morgan fingerprint density at radius 2 is 1.87 bits per heavy atom. The van der Waals surface area contributed by atoms with Gasteiger partial charge in [0.2, 0.25) is 0 Å². The first-order valence-corrected chi connectivity index (χ1v) is 5.20. The summed E-state index contributed by atoms with van der Waals surface area (Å²) in [6.07, 6.45) is 0.989. The minimum absolute atomic E-state index is 0.0755. The summed E-state index contributed by atoms with van der Waals surface area (Å²) in [4.78, 5) is 0. The lowest BCUT2D eigenvalue weighted by Gasteiger charge is -2.23. The maximum atomic E-state index is 8.64. The van der Waals surface area contributed by atoms with Gasteiger partial charge in [-0.2, -0.15) is 5.26 Å². The lowest BCUT2D eigenvalue weighted by molar-refractivity contribution is -0.0316. The Morgan fingerprint density at radius 1 is 1.27 bits per heavy atom. The van der Waals surface area contributed by atoms with Gasteiger partial charge in [-0.1, -0.05) is 19.1 Å². The molecule has 0 amide bonds. The molecule has 0 saturated carbocycles. The number of ether oxygens (including phenoxy) is 1. The lowest BCUT2D eigenvalue weighted by atomic mass is 10.1. The molecule has 0 spiro atoms. The molecule has 15 heavy (non-hydrogen) atoms. The molecular weight excluding hydrogens is 186 g/mol. The molecule has 0 bridgehead atoms. The Balaban J connectivity index is 2.56. The summed E-state index contributed by atoms with van der Waals surface area (Å²) in [6.45, 7) is 6.87. The molecule has 1 aromatic carbocycles. The third-order valence-corrected chi connectivity index (χ3v) is 2.56. The van der Waals surface area contributed by atoms with Crippen molar-refractivity contribution >= 4 is 0 Å². The average Bonchev–Trinajstić information content (AvgIpc) is 2.27.